The second kappa shape index (κ2) is 7.81. The van der Waals surface area contributed by atoms with Crippen LogP contribution in [0.25, 0.3) is 28.8 Å². The van der Waals surface area contributed by atoms with Gasteiger partial charge < -0.3 is 13.7 Å². The summed E-state index contributed by atoms with van der Waals surface area (Å²) in [5.74, 6) is 0.949. The highest BCUT2D eigenvalue weighted by molar-refractivity contribution is 6.30. The second-order valence-electron chi connectivity index (χ2n) is 6.31. The molecule has 0 bridgehead atoms. The van der Waals surface area contributed by atoms with E-state index in [1.165, 1.54) is 6.08 Å². The van der Waals surface area contributed by atoms with Crippen molar-refractivity contribution in [2.24, 2.45) is 0 Å². The first-order valence-corrected chi connectivity index (χ1v) is 9.21. The Bertz CT molecular complexity index is 1220. The van der Waals surface area contributed by atoms with Crippen molar-refractivity contribution in [2.45, 2.75) is 0 Å². The number of benzene rings is 2. The van der Waals surface area contributed by atoms with E-state index >= 15 is 0 Å². The number of hydrogen-bond acceptors (Lipinski definition) is 4. The lowest BCUT2D eigenvalue weighted by atomic mass is 10.0. The Morgan fingerprint density at radius 3 is 2.48 bits per heavy atom. The van der Waals surface area contributed by atoms with Gasteiger partial charge >= 0.3 is 5.63 Å². The van der Waals surface area contributed by atoms with Gasteiger partial charge in [0.1, 0.15) is 11.4 Å². The molecule has 0 atom stereocenters. The first kappa shape index (κ1) is 18.8. The first-order chi connectivity index (χ1) is 14.1. The molecule has 0 spiro atoms. The van der Waals surface area contributed by atoms with Crippen LogP contribution in [-0.2, 0) is 0 Å². The van der Waals surface area contributed by atoms with E-state index < -0.39 is 5.63 Å². The van der Waals surface area contributed by atoms with Crippen LogP contribution in [0.1, 0.15) is 10.4 Å². The number of halogens is 1. The van der Waals surface area contributed by atoms with Gasteiger partial charge in [-0.3, -0.25) is 4.79 Å². The number of furan rings is 1. The molecule has 5 nitrogen and oxygen atoms in total. The van der Waals surface area contributed by atoms with Crippen LogP contribution >= 0.6 is 11.6 Å². The maximum atomic E-state index is 12.5. The Hall–Kier alpha value is -3.57. The van der Waals surface area contributed by atoms with Crippen LogP contribution in [0.3, 0.4) is 0 Å². The van der Waals surface area contributed by atoms with Gasteiger partial charge in [-0.05, 0) is 54.1 Å². The number of pyridine rings is 1. The van der Waals surface area contributed by atoms with E-state index in [9.17, 15) is 9.59 Å². The minimum Gasteiger partial charge on any atom is -0.497 e. The highest BCUT2D eigenvalue weighted by Gasteiger charge is 2.21. The zero-order chi connectivity index (χ0) is 20.4. The number of ether oxygens (including phenoxy) is 1. The third-order valence-electron chi connectivity index (χ3n) is 4.52. The van der Waals surface area contributed by atoms with Crippen molar-refractivity contribution in [3.05, 3.63) is 93.9 Å². The van der Waals surface area contributed by atoms with E-state index in [-0.39, 0.29) is 5.78 Å². The topological polar surface area (TPSA) is 61.4 Å². The van der Waals surface area contributed by atoms with Crippen molar-refractivity contribution in [3.63, 3.8) is 0 Å². The Balaban J connectivity index is 1.76. The number of rotatable bonds is 5. The number of fused-ring (bicyclic) bond motifs is 1. The molecule has 0 amide bonds. The highest BCUT2D eigenvalue weighted by Crippen LogP contribution is 2.33. The summed E-state index contributed by atoms with van der Waals surface area (Å²) in [6.07, 6.45) is 4.81. The van der Waals surface area contributed by atoms with Gasteiger partial charge in [-0.25, -0.2) is 4.79 Å². The molecule has 0 fully saturated rings. The number of carbonyl (C=O) groups is 1. The van der Waals surface area contributed by atoms with Gasteiger partial charge in [-0.15, -0.1) is 0 Å². The van der Waals surface area contributed by atoms with E-state index in [0.29, 0.717) is 38.9 Å². The number of ketones is 1. The molecule has 0 radical (unpaired) electrons. The molecule has 2 aliphatic heterocycles. The predicted molar refractivity (Wildman–Crippen MR) is 113 cm³/mol. The normalized spacial score (nSPS) is 11.2. The van der Waals surface area contributed by atoms with Crippen molar-refractivity contribution < 1.29 is 13.9 Å². The van der Waals surface area contributed by atoms with Gasteiger partial charge in [-0.2, -0.15) is 0 Å². The van der Waals surface area contributed by atoms with Gasteiger partial charge in [-0.1, -0.05) is 23.7 Å². The SMILES string of the molecule is COc1ccc(-c2c3n(/C=C/C(=O)c4ccc(Cl)cc4)cccc-3oc2=O)cc1. The minimum absolute atomic E-state index is 0.178. The molecular formula is C23H16ClNO4. The van der Waals surface area contributed by atoms with Crippen LogP contribution in [0, 0.1) is 0 Å². The summed E-state index contributed by atoms with van der Waals surface area (Å²) in [6, 6.07) is 17.3. The maximum absolute atomic E-state index is 12.5. The average molecular weight is 406 g/mol. The fourth-order valence-corrected chi connectivity index (χ4v) is 3.21. The van der Waals surface area contributed by atoms with Crippen LogP contribution in [0.15, 0.2) is 82.1 Å². The summed E-state index contributed by atoms with van der Waals surface area (Å²) >= 11 is 5.87. The fraction of sp³-hybridized carbons (Fsp3) is 0.0435. The molecule has 144 valence electrons. The number of aromatic nitrogens is 1. The zero-order valence-corrected chi connectivity index (χ0v) is 16.2. The predicted octanol–water partition coefficient (Wildman–Crippen LogP) is 5.23. The van der Waals surface area contributed by atoms with E-state index in [0.717, 1.165) is 0 Å². The fourth-order valence-electron chi connectivity index (χ4n) is 3.08. The number of carbonyl (C=O) groups excluding carboxylic acids is 1. The largest absolute Gasteiger partial charge is 0.497 e. The molecule has 2 aromatic carbocycles. The third-order valence-corrected chi connectivity index (χ3v) is 4.78. The van der Waals surface area contributed by atoms with Crippen LogP contribution in [0.5, 0.6) is 5.75 Å². The van der Waals surface area contributed by atoms with E-state index in [1.54, 1.807) is 84.7 Å². The van der Waals surface area contributed by atoms with Crippen molar-refractivity contribution in [1.29, 1.82) is 0 Å². The summed E-state index contributed by atoms with van der Waals surface area (Å²) in [5.41, 5.74) is 1.79. The quantitative estimate of drug-likeness (QED) is 0.337. The van der Waals surface area contributed by atoms with Crippen molar-refractivity contribution in [3.8, 4) is 28.3 Å². The van der Waals surface area contributed by atoms with Crippen LogP contribution in [0.4, 0.5) is 0 Å². The lowest BCUT2D eigenvalue weighted by Gasteiger charge is -2.09. The van der Waals surface area contributed by atoms with E-state index in [2.05, 4.69) is 0 Å². The lowest BCUT2D eigenvalue weighted by Crippen LogP contribution is -2.01. The molecule has 6 heteroatoms. The molecule has 0 N–H and O–H groups in total. The van der Waals surface area contributed by atoms with Crippen LogP contribution < -0.4 is 10.4 Å². The molecule has 2 aliphatic rings. The molecule has 0 unspecified atom stereocenters. The molecule has 0 saturated heterocycles. The van der Waals surface area contributed by atoms with Gasteiger partial charge in [0.25, 0.3) is 0 Å². The Morgan fingerprint density at radius 1 is 1.07 bits per heavy atom. The van der Waals surface area contributed by atoms with Crippen molar-refractivity contribution in [2.75, 3.05) is 7.11 Å². The number of nitrogens with zero attached hydrogens (tertiary/aromatic N) is 1. The van der Waals surface area contributed by atoms with E-state index in [4.69, 9.17) is 20.8 Å². The molecule has 4 rings (SSSR count). The summed E-state index contributed by atoms with van der Waals surface area (Å²) in [5, 5.41) is 0.565. The van der Waals surface area contributed by atoms with Crippen LogP contribution in [-0.4, -0.2) is 17.5 Å². The van der Waals surface area contributed by atoms with Crippen LogP contribution in [0.2, 0.25) is 5.02 Å². The Labute approximate surface area is 171 Å². The maximum Gasteiger partial charge on any atom is 0.346 e. The summed E-state index contributed by atoms with van der Waals surface area (Å²) in [7, 11) is 1.58. The van der Waals surface area contributed by atoms with Crippen molar-refractivity contribution in [1.82, 2.24) is 4.57 Å². The Morgan fingerprint density at radius 2 is 1.79 bits per heavy atom. The minimum atomic E-state index is -0.442. The van der Waals surface area contributed by atoms with Gasteiger partial charge in [0.2, 0.25) is 0 Å². The molecular weight excluding hydrogens is 390 g/mol. The average Bonchev–Trinajstić information content (AvgIpc) is 3.09. The van der Waals surface area contributed by atoms with E-state index in [1.807, 2.05) is 0 Å². The molecule has 2 heterocycles. The number of hydrogen-bond donors (Lipinski definition) is 0. The molecule has 0 saturated carbocycles. The molecule has 29 heavy (non-hydrogen) atoms. The lowest BCUT2D eigenvalue weighted by molar-refractivity contribution is 0.104. The molecule has 2 aromatic rings. The highest BCUT2D eigenvalue weighted by atomic mass is 35.5. The van der Waals surface area contributed by atoms with Gasteiger partial charge in [0.15, 0.2) is 11.5 Å². The summed E-state index contributed by atoms with van der Waals surface area (Å²) in [4.78, 5) is 25.0. The summed E-state index contributed by atoms with van der Waals surface area (Å²) in [6.45, 7) is 0. The number of allylic oxidation sites excluding steroid dienone is 1. The standard InChI is InChI=1S/C23H16ClNO4/c1-28-18-10-6-16(7-11-18)21-22-20(29-23(21)27)3-2-13-25(22)14-12-19(26)15-4-8-17(24)9-5-15/h2-14H,1H3/b14-12+. The third kappa shape index (κ3) is 3.73. The van der Waals surface area contributed by atoms with Gasteiger partial charge in [0.05, 0.1) is 12.7 Å². The summed E-state index contributed by atoms with van der Waals surface area (Å²) < 4.78 is 12.3. The molecule has 0 aliphatic carbocycles. The second-order valence-corrected chi connectivity index (χ2v) is 6.74. The molecule has 0 aromatic heterocycles. The number of methoxy groups -OCH3 is 1. The zero-order valence-electron chi connectivity index (χ0n) is 15.5. The van der Waals surface area contributed by atoms with Crippen molar-refractivity contribution >= 4 is 23.6 Å². The monoisotopic (exact) mass is 405 g/mol. The van der Waals surface area contributed by atoms with Gasteiger partial charge in [0, 0.05) is 29.1 Å². The first-order valence-electron chi connectivity index (χ1n) is 8.83. The Kier molecular flexibility index (Phi) is 5.06. The smallest absolute Gasteiger partial charge is 0.346 e.